The van der Waals surface area contributed by atoms with Gasteiger partial charge in [0.05, 0.1) is 6.54 Å². The van der Waals surface area contributed by atoms with Crippen molar-refractivity contribution in [2.75, 3.05) is 10.7 Å². The van der Waals surface area contributed by atoms with E-state index in [1.807, 2.05) is 0 Å². The quantitative estimate of drug-likeness (QED) is 0.558. The number of nitrogens with two attached hydrogens (primary N) is 1. The minimum absolute atomic E-state index is 0.601. The third-order valence-corrected chi connectivity index (χ3v) is 3.43. The zero-order chi connectivity index (χ0) is 12.1. The number of nitrogens with zero attached hydrogens (tertiary/aromatic N) is 2. The van der Waals surface area contributed by atoms with Crippen LogP contribution in [0.1, 0.15) is 17.4 Å². The lowest BCUT2D eigenvalue weighted by atomic mass is 10.2. The van der Waals surface area contributed by atoms with Crippen molar-refractivity contribution in [3.63, 3.8) is 0 Å². The highest BCUT2D eigenvalue weighted by molar-refractivity contribution is 7.10. The van der Waals surface area contributed by atoms with Gasteiger partial charge in [-0.1, -0.05) is 6.92 Å². The lowest BCUT2D eigenvalue weighted by molar-refractivity contribution is 1.05. The maximum atomic E-state index is 5.29. The summed E-state index contributed by atoms with van der Waals surface area (Å²) in [6, 6.07) is 3.94. The normalized spacial score (nSPS) is 10.2. The molecule has 5 nitrogen and oxygen atoms in total. The van der Waals surface area contributed by atoms with Crippen LogP contribution in [-0.4, -0.2) is 9.97 Å². The number of aromatic nitrogens is 2. The Morgan fingerprint density at radius 3 is 2.94 bits per heavy atom. The Kier molecular flexibility index (Phi) is 3.89. The van der Waals surface area contributed by atoms with Gasteiger partial charge in [-0.25, -0.2) is 15.8 Å². The summed E-state index contributed by atoms with van der Waals surface area (Å²) in [5.41, 5.74) is 3.88. The lowest BCUT2D eigenvalue weighted by Gasteiger charge is -2.06. The molecule has 2 aromatic heterocycles. The first-order valence-corrected chi connectivity index (χ1v) is 6.29. The molecular formula is C11H15N5S. The standard InChI is InChI=1S/C11H15N5S/c1-2-8-3-4-17-9(8)6-13-10-5-11(16-12)15-7-14-10/h3-5,7H,2,6,12H2,1H3,(H2,13,14,15,16). The fraction of sp³-hybridized carbons (Fsp3) is 0.273. The minimum atomic E-state index is 0.601. The summed E-state index contributed by atoms with van der Waals surface area (Å²) in [4.78, 5) is 9.42. The zero-order valence-electron chi connectivity index (χ0n) is 9.60. The van der Waals surface area contributed by atoms with Crippen LogP contribution in [-0.2, 0) is 13.0 Å². The predicted octanol–water partition coefficient (Wildman–Crippen LogP) is 2.00. The average Bonchev–Trinajstić information content (AvgIpc) is 2.84. The van der Waals surface area contributed by atoms with Gasteiger partial charge in [0.15, 0.2) is 0 Å². The van der Waals surface area contributed by atoms with E-state index in [0.29, 0.717) is 5.82 Å². The van der Waals surface area contributed by atoms with Crippen molar-refractivity contribution < 1.29 is 0 Å². The van der Waals surface area contributed by atoms with Gasteiger partial charge in [-0.05, 0) is 23.4 Å². The molecule has 0 saturated heterocycles. The second kappa shape index (κ2) is 5.60. The monoisotopic (exact) mass is 249 g/mol. The van der Waals surface area contributed by atoms with E-state index < -0.39 is 0 Å². The molecule has 2 heterocycles. The third kappa shape index (κ3) is 2.92. The van der Waals surface area contributed by atoms with Crippen molar-refractivity contribution in [3.05, 3.63) is 34.3 Å². The molecule has 6 heteroatoms. The van der Waals surface area contributed by atoms with Crippen LogP contribution in [0.15, 0.2) is 23.8 Å². The molecule has 0 unspecified atom stereocenters. The van der Waals surface area contributed by atoms with Gasteiger partial charge < -0.3 is 10.7 Å². The molecule has 0 radical (unpaired) electrons. The number of anilines is 2. The van der Waals surface area contributed by atoms with Crippen LogP contribution in [0.25, 0.3) is 0 Å². The van der Waals surface area contributed by atoms with Gasteiger partial charge >= 0.3 is 0 Å². The third-order valence-electron chi connectivity index (χ3n) is 2.46. The Balaban J connectivity index is 2.02. The molecule has 90 valence electrons. The van der Waals surface area contributed by atoms with E-state index in [1.165, 1.54) is 16.8 Å². The van der Waals surface area contributed by atoms with Gasteiger partial charge in [-0.3, -0.25) is 0 Å². The molecule has 0 aromatic carbocycles. The molecule has 0 amide bonds. The van der Waals surface area contributed by atoms with Crippen molar-refractivity contribution in [3.8, 4) is 0 Å². The molecule has 2 rings (SSSR count). The van der Waals surface area contributed by atoms with Crippen LogP contribution in [0, 0.1) is 0 Å². The van der Waals surface area contributed by atoms with Gasteiger partial charge in [0.1, 0.15) is 18.0 Å². The van der Waals surface area contributed by atoms with Crippen molar-refractivity contribution in [1.29, 1.82) is 0 Å². The van der Waals surface area contributed by atoms with E-state index in [4.69, 9.17) is 5.84 Å². The van der Waals surface area contributed by atoms with Crippen molar-refractivity contribution in [2.24, 2.45) is 5.84 Å². The van der Waals surface area contributed by atoms with E-state index >= 15 is 0 Å². The van der Waals surface area contributed by atoms with Crippen molar-refractivity contribution in [2.45, 2.75) is 19.9 Å². The summed E-state index contributed by atoms with van der Waals surface area (Å²) in [7, 11) is 0. The van der Waals surface area contributed by atoms with E-state index in [0.717, 1.165) is 18.8 Å². The number of nitrogens with one attached hydrogen (secondary N) is 2. The molecule has 2 aromatic rings. The zero-order valence-corrected chi connectivity index (χ0v) is 10.4. The van der Waals surface area contributed by atoms with Gasteiger partial charge in [0, 0.05) is 10.9 Å². The summed E-state index contributed by atoms with van der Waals surface area (Å²) < 4.78 is 0. The Bertz CT molecular complexity index is 482. The first-order chi connectivity index (χ1) is 8.33. The number of hydrogen-bond donors (Lipinski definition) is 3. The maximum absolute atomic E-state index is 5.29. The molecule has 0 spiro atoms. The summed E-state index contributed by atoms with van der Waals surface area (Å²) in [6.07, 6.45) is 2.53. The van der Waals surface area contributed by atoms with Crippen LogP contribution in [0.4, 0.5) is 11.6 Å². The number of aryl methyl sites for hydroxylation is 1. The van der Waals surface area contributed by atoms with Crippen LogP contribution in [0.3, 0.4) is 0 Å². The second-order valence-electron chi connectivity index (χ2n) is 3.51. The van der Waals surface area contributed by atoms with Crippen LogP contribution < -0.4 is 16.6 Å². The van der Waals surface area contributed by atoms with Crippen LogP contribution in [0.2, 0.25) is 0 Å². The predicted molar refractivity (Wildman–Crippen MR) is 70.9 cm³/mol. The molecule has 4 N–H and O–H groups in total. The van der Waals surface area contributed by atoms with E-state index in [-0.39, 0.29) is 0 Å². The molecule has 0 saturated carbocycles. The topological polar surface area (TPSA) is 75.9 Å². The SMILES string of the molecule is CCc1ccsc1CNc1cc(NN)ncn1. The van der Waals surface area contributed by atoms with E-state index in [2.05, 4.69) is 39.1 Å². The van der Waals surface area contributed by atoms with Gasteiger partial charge in [-0.15, -0.1) is 11.3 Å². The number of hydrazine groups is 1. The first kappa shape index (κ1) is 11.8. The molecule has 0 aliphatic heterocycles. The highest BCUT2D eigenvalue weighted by Crippen LogP contribution is 2.18. The minimum Gasteiger partial charge on any atom is -0.365 e. The van der Waals surface area contributed by atoms with Crippen LogP contribution >= 0.6 is 11.3 Å². The molecule has 0 atom stereocenters. The van der Waals surface area contributed by atoms with Crippen molar-refractivity contribution in [1.82, 2.24) is 9.97 Å². The highest BCUT2D eigenvalue weighted by Gasteiger charge is 2.03. The second-order valence-corrected chi connectivity index (χ2v) is 4.51. The molecule has 17 heavy (non-hydrogen) atoms. The molecule has 0 aliphatic carbocycles. The van der Waals surface area contributed by atoms with E-state index in [1.54, 1.807) is 17.4 Å². The molecule has 0 bridgehead atoms. The summed E-state index contributed by atoms with van der Waals surface area (Å²) in [6.45, 7) is 2.94. The number of rotatable bonds is 5. The van der Waals surface area contributed by atoms with Crippen LogP contribution in [0.5, 0.6) is 0 Å². The number of thiophene rings is 1. The summed E-state index contributed by atoms with van der Waals surface area (Å²) in [5, 5.41) is 5.37. The Morgan fingerprint density at radius 1 is 1.35 bits per heavy atom. The fourth-order valence-electron chi connectivity index (χ4n) is 1.54. The highest BCUT2D eigenvalue weighted by atomic mass is 32.1. The summed E-state index contributed by atoms with van der Waals surface area (Å²) in [5.74, 6) is 6.66. The molecule has 0 fully saturated rings. The lowest BCUT2D eigenvalue weighted by Crippen LogP contribution is -2.10. The number of nitrogen functional groups attached to an aromatic ring is 1. The maximum Gasteiger partial charge on any atom is 0.145 e. The van der Waals surface area contributed by atoms with E-state index in [9.17, 15) is 0 Å². The smallest absolute Gasteiger partial charge is 0.145 e. The van der Waals surface area contributed by atoms with Crippen molar-refractivity contribution >= 4 is 23.0 Å². The largest absolute Gasteiger partial charge is 0.365 e. The number of hydrogen-bond acceptors (Lipinski definition) is 6. The summed E-state index contributed by atoms with van der Waals surface area (Å²) >= 11 is 1.76. The first-order valence-electron chi connectivity index (χ1n) is 5.41. The molecular weight excluding hydrogens is 234 g/mol. The van der Waals surface area contributed by atoms with Gasteiger partial charge in [0.2, 0.25) is 0 Å². The molecule has 0 aliphatic rings. The van der Waals surface area contributed by atoms with Gasteiger partial charge in [0.25, 0.3) is 0 Å². The van der Waals surface area contributed by atoms with Gasteiger partial charge in [-0.2, -0.15) is 0 Å². The fourth-order valence-corrected chi connectivity index (χ4v) is 2.46. The average molecular weight is 249 g/mol. The Labute approximate surface area is 104 Å². The Morgan fingerprint density at radius 2 is 2.18 bits per heavy atom. The Hall–Kier alpha value is -1.66.